The van der Waals surface area contributed by atoms with Gasteiger partial charge in [-0.05, 0) is 35.9 Å². The lowest BCUT2D eigenvalue weighted by Crippen LogP contribution is -2.34. The molecule has 0 radical (unpaired) electrons. The van der Waals surface area contributed by atoms with Crippen molar-refractivity contribution in [1.82, 2.24) is 20.1 Å². The van der Waals surface area contributed by atoms with Crippen LogP contribution in [0.2, 0.25) is 10.0 Å². The fourth-order valence-electron chi connectivity index (χ4n) is 2.79. The van der Waals surface area contributed by atoms with Gasteiger partial charge in [-0.25, -0.2) is 4.79 Å². The van der Waals surface area contributed by atoms with Gasteiger partial charge in [0.05, 0.1) is 21.3 Å². The molecule has 0 aliphatic carbocycles. The van der Waals surface area contributed by atoms with Crippen LogP contribution >= 0.6 is 23.2 Å². The summed E-state index contributed by atoms with van der Waals surface area (Å²) in [7, 11) is 0. The van der Waals surface area contributed by atoms with Crippen molar-refractivity contribution in [1.29, 1.82) is 0 Å². The Bertz CT molecular complexity index is 1230. The van der Waals surface area contributed by atoms with Gasteiger partial charge in [0.15, 0.2) is 5.82 Å². The lowest BCUT2D eigenvalue weighted by atomic mass is 9.95. The Hall–Kier alpha value is -2.78. The van der Waals surface area contributed by atoms with E-state index in [0.717, 1.165) is 16.8 Å². The molecule has 6 nitrogen and oxygen atoms in total. The van der Waals surface area contributed by atoms with Crippen molar-refractivity contribution < 1.29 is 18.0 Å². The first-order valence-corrected chi connectivity index (χ1v) is 10.2. The van der Waals surface area contributed by atoms with Gasteiger partial charge < -0.3 is 5.32 Å². The number of alkyl halides is 3. The van der Waals surface area contributed by atoms with E-state index in [1.54, 1.807) is 39.0 Å². The molecule has 0 atom stereocenters. The van der Waals surface area contributed by atoms with Crippen LogP contribution in [0.25, 0.3) is 17.1 Å². The highest BCUT2D eigenvalue weighted by atomic mass is 35.5. The Morgan fingerprint density at radius 3 is 2.38 bits per heavy atom. The molecule has 0 saturated carbocycles. The zero-order valence-electron chi connectivity index (χ0n) is 17.3. The van der Waals surface area contributed by atoms with E-state index in [4.69, 9.17) is 23.2 Å². The number of nitrogens with one attached hydrogen (secondary N) is 2. The summed E-state index contributed by atoms with van der Waals surface area (Å²) in [5.41, 5.74) is -1.40. The van der Waals surface area contributed by atoms with E-state index >= 15 is 0 Å². The maximum absolute atomic E-state index is 13.2. The molecule has 0 saturated heterocycles. The lowest BCUT2D eigenvalue weighted by molar-refractivity contribution is -0.137. The summed E-state index contributed by atoms with van der Waals surface area (Å²) in [5, 5.41) is 6.63. The van der Waals surface area contributed by atoms with Crippen LogP contribution in [-0.4, -0.2) is 20.7 Å². The Kier molecular flexibility index (Phi) is 6.44. The van der Waals surface area contributed by atoms with E-state index in [0.29, 0.717) is 5.56 Å². The van der Waals surface area contributed by atoms with E-state index in [-0.39, 0.29) is 34.5 Å². The smallest absolute Gasteiger partial charge is 0.352 e. The van der Waals surface area contributed by atoms with E-state index in [1.165, 1.54) is 6.07 Å². The van der Waals surface area contributed by atoms with Crippen molar-refractivity contribution in [3.8, 4) is 17.1 Å². The molecule has 11 heteroatoms. The molecule has 3 rings (SSSR count). The number of hydrogen-bond donors (Lipinski definition) is 2. The second-order valence-corrected chi connectivity index (χ2v) is 8.92. The highest BCUT2D eigenvalue weighted by molar-refractivity contribution is 6.32. The molecular weight excluding hydrogens is 468 g/mol. The number of aromatic amines is 1. The SMILES string of the molecule is CC(C)(C)C(=O)NCc1ccc(Cl)c(-n2nc(-c3ccc(Cl)c(C(F)(F)F)c3)[nH]c2=O)c1. The predicted molar refractivity (Wildman–Crippen MR) is 116 cm³/mol. The Balaban J connectivity index is 1.96. The van der Waals surface area contributed by atoms with Crippen molar-refractivity contribution in [2.75, 3.05) is 0 Å². The predicted octanol–water partition coefficient (Wildman–Crippen LogP) is 5.22. The first-order valence-electron chi connectivity index (χ1n) is 9.41. The Morgan fingerprint density at radius 1 is 1.09 bits per heavy atom. The van der Waals surface area contributed by atoms with Crippen LogP contribution in [0.4, 0.5) is 13.2 Å². The van der Waals surface area contributed by atoms with Gasteiger partial charge in [-0.15, -0.1) is 5.10 Å². The molecular formula is C21H19Cl2F3N4O2. The number of amides is 1. The van der Waals surface area contributed by atoms with Crippen molar-refractivity contribution in [3.63, 3.8) is 0 Å². The Labute approximate surface area is 191 Å². The van der Waals surface area contributed by atoms with Crippen LogP contribution in [0.5, 0.6) is 0 Å². The molecule has 32 heavy (non-hydrogen) atoms. The molecule has 0 aliphatic rings. The standard InChI is InChI=1S/C21H19Cl2F3N4O2/c1-20(2,3)18(31)27-10-11-4-6-15(23)16(8-11)30-19(32)28-17(29-30)12-5-7-14(22)13(9-12)21(24,25)26/h4-9H,10H2,1-3H3,(H,27,31)(H,28,29,32). The largest absolute Gasteiger partial charge is 0.417 e. The number of aromatic nitrogens is 3. The van der Waals surface area contributed by atoms with Crippen LogP contribution in [0.3, 0.4) is 0 Å². The van der Waals surface area contributed by atoms with Crippen LogP contribution in [0, 0.1) is 5.41 Å². The van der Waals surface area contributed by atoms with Crippen molar-refractivity contribution >= 4 is 29.1 Å². The second kappa shape index (κ2) is 8.63. The minimum atomic E-state index is -4.66. The van der Waals surface area contributed by atoms with Crippen LogP contribution in [0.1, 0.15) is 31.9 Å². The molecule has 3 aromatic rings. The average Bonchev–Trinajstić information content (AvgIpc) is 3.07. The van der Waals surface area contributed by atoms with Crippen molar-refractivity contribution in [2.24, 2.45) is 5.41 Å². The van der Waals surface area contributed by atoms with Crippen LogP contribution in [0.15, 0.2) is 41.2 Å². The summed E-state index contributed by atoms with van der Waals surface area (Å²) in [6.45, 7) is 5.53. The zero-order valence-corrected chi connectivity index (χ0v) is 18.8. The second-order valence-electron chi connectivity index (χ2n) is 8.10. The third-order valence-electron chi connectivity index (χ3n) is 4.54. The number of hydrogen-bond acceptors (Lipinski definition) is 3. The maximum Gasteiger partial charge on any atom is 0.417 e. The summed E-state index contributed by atoms with van der Waals surface area (Å²) in [6, 6.07) is 8.01. The summed E-state index contributed by atoms with van der Waals surface area (Å²) < 4.78 is 40.4. The van der Waals surface area contributed by atoms with Gasteiger partial charge in [-0.1, -0.05) is 50.0 Å². The molecule has 0 spiro atoms. The number of benzene rings is 2. The third kappa shape index (κ3) is 5.16. The molecule has 1 amide bonds. The van der Waals surface area contributed by atoms with Crippen LogP contribution < -0.4 is 11.0 Å². The van der Waals surface area contributed by atoms with Gasteiger partial charge >= 0.3 is 11.9 Å². The molecule has 1 heterocycles. The summed E-state index contributed by atoms with van der Waals surface area (Å²) in [4.78, 5) is 27.0. The highest BCUT2D eigenvalue weighted by Gasteiger charge is 2.33. The number of carbonyl (C=O) groups is 1. The van der Waals surface area contributed by atoms with Gasteiger partial charge in [0.2, 0.25) is 5.91 Å². The first kappa shape index (κ1) is 23.9. The fraction of sp³-hybridized carbons (Fsp3) is 0.286. The number of halogens is 5. The monoisotopic (exact) mass is 486 g/mol. The molecule has 1 aromatic heterocycles. The summed E-state index contributed by atoms with van der Waals surface area (Å²) in [5.74, 6) is -0.240. The maximum atomic E-state index is 13.2. The number of nitrogens with zero attached hydrogens (tertiary/aromatic N) is 2. The van der Waals surface area contributed by atoms with Gasteiger partial charge in [0.1, 0.15) is 0 Å². The first-order chi connectivity index (χ1) is 14.8. The molecule has 2 aromatic carbocycles. The fourth-order valence-corrected chi connectivity index (χ4v) is 3.21. The average molecular weight is 487 g/mol. The minimum Gasteiger partial charge on any atom is -0.352 e. The van der Waals surface area contributed by atoms with Gasteiger partial charge in [-0.3, -0.25) is 9.78 Å². The molecule has 0 bridgehead atoms. The van der Waals surface area contributed by atoms with Gasteiger partial charge in [0, 0.05) is 17.5 Å². The number of H-pyrrole nitrogens is 1. The van der Waals surface area contributed by atoms with Crippen molar-refractivity contribution in [2.45, 2.75) is 33.5 Å². The summed E-state index contributed by atoms with van der Waals surface area (Å²) >= 11 is 11.9. The van der Waals surface area contributed by atoms with Gasteiger partial charge in [0.25, 0.3) is 0 Å². The Morgan fingerprint density at radius 2 is 1.75 bits per heavy atom. The molecule has 2 N–H and O–H groups in total. The number of carbonyl (C=O) groups excluding carboxylic acids is 1. The van der Waals surface area contributed by atoms with Gasteiger partial charge in [-0.2, -0.15) is 17.9 Å². The molecule has 0 aliphatic heterocycles. The minimum absolute atomic E-state index is 0.0299. The van der Waals surface area contributed by atoms with Crippen LogP contribution in [-0.2, 0) is 17.5 Å². The van der Waals surface area contributed by atoms with Crippen molar-refractivity contribution in [3.05, 3.63) is 68.1 Å². The number of rotatable bonds is 4. The molecule has 0 unspecified atom stereocenters. The highest BCUT2D eigenvalue weighted by Crippen LogP contribution is 2.36. The van der Waals surface area contributed by atoms with E-state index in [9.17, 15) is 22.8 Å². The third-order valence-corrected chi connectivity index (χ3v) is 5.19. The normalized spacial score (nSPS) is 12.1. The topological polar surface area (TPSA) is 79.8 Å². The van der Waals surface area contributed by atoms with E-state index in [2.05, 4.69) is 15.4 Å². The molecule has 170 valence electrons. The summed E-state index contributed by atoms with van der Waals surface area (Å²) in [6.07, 6.45) is -4.66. The lowest BCUT2D eigenvalue weighted by Gasteiger charge is -2.17. The zero-order chi connectivity index (χ0) is 23.8. The molecule has 0 fully saturated rings. The van der Waals surface area contributed by atoms with E-state index < -0.39 is 27.9 Å². The quantitative estimate of drug-likeness (QED) is 0.530. The van der Waals surface area contributed by atoms with E-state index in [1.807, 2.05) is 0 Å².